The standard InChI is InChI=1S/C31H35N3O2/c1-22(2)20-23(3)32-24(4)33-17-14-31(15-18-33)28-12-11-25(28)13-16-34(30(31)35)21-26-8-5-6-9-27(26)29-10-7-19-36-29/h5-12,19-20H,4,13-18,21H2,1-3H3/b32-23-. The molecule has 0 radical (unpaired) electrons. The van der Waals surface area contributed by atoms with Crippen LogP contribution >= 0.6 is 0 Å². The quantitative estimate of drug-likeness (QED) is 0.441. The number of allylic oxidation sites excluding steroid dienone is 4. The van der Waals surface area contributed by atoms with E-state index in [2.05, 4.69) is 60.6 Å². The molecule has 1 aliphatic carbocycles. The van der Waals surface area contributed by atoms with Gasteiger partial charge in [0.15, 0.2) is 0 Å². The molecule has 5 rings (SSSR count). The van der Waals surface area contributed by atoms with E-state index >= 15 is 0 Å². The number of furan rings is 1. The third-order valence-electron chi connectivity index (χ3n) is 7.61. The predicted octanol–water partition coefficient (Wildman–Crippen LogP) is 6.53. The molecule has 5 heteroatoms. The topological polar surface area (TPSA) is 49.1 Å². The molecule has 186 valence electrons. The minimum atomic E-state index is -0.463. The van der Waals surface area contributed by atoms with Crippen LogP contribution in [0.1, 0.15) is 45.6 Å². The first-order valence-electron chi connectivity index (χ1n) is 12.8. The highest BCUT2D eigenvalue weighted by Gasteiger charge is 2.50. The van der Waals surface area contributed by atoms with Crippen molar-refractivity contribution in [2.45, 2.75) is 46.6 Å². The molecular formula is C31H35N3O2. The Morgan fingerprint density at radius 3 is 2.53 bits per heavy atom. The van der Waals surface area contributed by atoms with Crippen LogP contribution in [0.15, 0.2) is 99.4 Å². The second-order valence-electron chi connectivity index (χ2n) is 10.3. The van der Waals surface area contributed by atoms with Crippen molar-refractivity contribution in [1.82, 2.24) is 9.80 Å². The summed E-state index contributed by atoms with van der Waals surface area (Å²) in [5, 5.41) is 0. The van der Waals surface area contributed by atoms with Crippen molar-refractivity contribution >= 4 is 11.6 Å². The van der Waals surface area contributed by atoms with Gasteiger partial charge in [0.05, 0.1) is 11.7 Å². The van der Waals surface area contributed by atoms with Gasteiger partial charge in [0.2, 0.25) is 5.91 Å². The molecule has 0 unspecified atom stereocenters. The fourth-order valence-corrected chi connectivity index (χ4v) is 5.79. The molecule has 3 heterocycles. The van der Waals surface area contributed by atoms with E-state index in [0.717, 1.165) is 67.3 Å². The summed E-state index contributed by atoms with van der Waals surface area (Å²) in [6.45, 7) is 13.2. The first kappa shape index (κ1) is 24.1. The van der Waals surface area contributed by atoms with Gasteiger partial charge >= 0.3 is 0 Å². The Balaban J connectivity index is 1.37. The van der Waals surface area contributed by atoms with Crippen molar-refractivity contribution in [3.63, 3.8) is 0 Å². The molecule has 1 amide bonds. The highest BCUT2D eigenvalue weighted by molar-refractivity contribution is 5.94. The van der Waals surface area contributed by atoms with Crippen molar-refractivity contribution in [1.29, 1.82) is 0 Å². The molecule has 1 aromatic carbocycles. The number of nitrogens with zero attached hydrogens (tertiary/aromatic N) is 3. The van der Waals surface area contributed by atoms with E-state index in [1.807, 2.05) is 31.2 Å². The molecule has 5 nitrogen and oxygen atoms in total. The van der Waals surface area contributed by atoms with Gasteiger partial charge in [0, 0.05) is 37.5 Å². The Morgan fingerprint density at radius 2 is 1.86 bits per heavy atom. The lowest BCUT2D eigenvalue weighted by Crippen LogP contribution is -2.50. The van der Waals surface area contributed by atoms with Crippen LogP contribution in [0.3, 0.4) is 0 Å². The summed E-state index contributed by atoms with van der Waals surface area (Å²) < 4.78 is 5.69. The lowest BCUT2D eigenvalue weighted by Gasteiger charge is -2.45. The molecule has 1 spiro atoms. The van der Waals surface area contributed by atoms with Gasteiger partial charge in [-0.15, -0.1) is 0 Å². The first-order valence-corrected chi connectivity index (χ1v) is 12.8. The van der Waals surface area contributed by atoms with E-state index in [1.54, 1.807) is 6.26 Å². The summed E-state index contributed by atoms with van der Waals surface area (Å²) in [7, 11) is 0. The fraction of sp³-hybridized carbons (Fsp3) is 0.355. The number of aliphatic imine (C=N–C) groups is 1. The van der Waals surface area contributed by atoms with Gasteiger partial charge in [-0.3, -0.25) is 4.79 Å². The number of carbonyl (C=O) groups is 1. The monoisotopic (exact) mass is 481 g/mol. The number of amides is 1. The maximum atomic E-state index is 14.2. The minimum absolute atomic E-state index is 0.251. The number of hydrogen-bond donors (Lipinski definition) is 0. The van der Waals surface area contributed by atoms with Crippen LogP contribution < -0.4 is 0 Å². The zero-order chi connectivity index (χ0) is 25.3. The average molecular weight is 482 g/mol. The second-order valence-corrected chi connectivity index (χ2v) is 10.3. The van der Waals surface area contributed by atoms with Crippen LogP contribution in [0.2, 0.25) is 0 Å². The van der Waals surface area contributed by atoms with E-state index in [4.69, 9.17) is 9.41 Å². The normalized spacial score (nSPS) is 19.2. The van der Waals surface area contributed by atoms with Crippen LogP contribution in [0.4, 0.5) is 0 Å². The van der Waals surface area contributed by atoms with Crippen LogP contribution in [0.25, 0.3) is 11.3 Å². The molecule has 2 aromatic rings. The molecular weight excluding hydrogens is 446 g/mol. The first-order chi connectivity index (χ1) is 17.4. The Bertz CT molecular complexity index is 1280. The van der Waals surface area contributed by atoms with Gasteiger partial charge in [-0.1, -0.05) is 48.6 Å². The van der Waals surface area contributed by atoms with E-state index in [9.17, 15) is 4.79 Å². The van der Waals surface area contributed by atoms with Crippen molar-refractivity contribution in [2.75, 3.05) is 19.6 Å². The molecule has 3 aliphatic rings. The predicted molar refractivity (Wildman–Crippen MR) is 145 cm³/mol. The van der Waals surface area contributed by atoms with Crippen LogP contribution in [-0.4, -0.2) is 41.1 Å². The van der Waals surface area contributed by atoms with Gasteiger partial charge < -0.3 is 14.2 Å². The van der Waals surface area contributed by atoms with Crippen LogP contribution in [0.5, 0.6) is 0 Å². The number of carbonyl (C=O) groups excluding carboxylic acids is 1. The molecule has 0 bridgehead atoms. The summed E-state index contributed by atoms with van der Waals surface area (Å²) in [5.41, 5.74) is 6.47. The van der Waals surface area contributed by atoms with E-state index in [0.29, 0.717) is 6.54 Å². The van der Waals surface area contributed by atoms with E-state index in [1.165, 1.54) is 16.7 Å². The molecule has 2 saturated heterocycles. The largest absolute Gasteiger partial charge is 0.464 e. The average Bonchev–Trinajstić information content (AvgIpc) is 3.35. The molecule has 0 atom stereocenters. The second kappa shape index (κ2) is 9.81. The number of likely N-dealkylation sites (tertiary alicyclic amines) is 2. The molecule has 1 aromatic heterocycles. The highest BCUT2D eigenvalue weighted by Crippen LogP contribution is 2.50. The Hall–Kier alpha value is -3.60. The summed E-state index contributed by atoms with van der Waals surface area (Å²) in [6, 6.07) is 12.1. The maximum absolute atomic E-state index is 14.2. The lowest BCUT2D eigenvalue weighted by atomic mass is 9.66. The zero-order valence-corrected chi connectivity index (χ0v) is 21.6. The van der Waals surface area contributed by atoms with Crippen LogP contribution in [-0.2, 0) is 11.3 Å². The molecule has 2 aliphatic heterocycles. The van der Waals surface area contributed by atoms with Crippen molar-refractivity contribution in [2.24, 2.45) is 10.4 Å². The molecule has 0 saturated carbocycles. The highest BCUT2D eigenvalue weighted by atomic mass is 16.3. The number of fused-ring (bicyclic) bond motifs is 2. The van der Waals surface area contributed by atoms with Gasteiger partial charge in [-0.25, -0.2) is 4.99 Å². The van der Waals surface area contributed by atoms with Crippen LogP contribution in [0, 0.1) is 5.41 Å². The fourth-order valence-electron chi connectivity index (χ4n) is 5.79. The number of hydrogen-bond acceptors (Lipinski definition) is 4. The van der Waals surface area contributed by atoms with Gasteiger partial charge in [-0.2, -0.15) is 0 Å². The van der Waals surface area contributed by atoms with Gasteiger partial charge in [0.25, 0.3) is 0 Å². The molecule has 0 N–H and O–H groups in total. The molecule has 36 heavy (non-hydrogen) atoms. The smallest absolute Gasteiger partial charge is 0.233 e. The van der Waals surface area contributed by atoms with Crippen molar-refractivity contribution in [3.05, 3.63) is 95.6 Å². The van der Waals surface area contributed by atoms with E-state index < -0.39 is 5.41 Å². The zero-order valence-electron chi connectivity index (χ0n) is 21.6. The third-order valence-corrected chi connectivity index (χ3v) is 7.61. The maximum Gasteiger partial charge on any atom is 0.233 e. The van der Waals surface area contributed by atoms with Gasteiger partial charge in [0.1, 0.15) is 11.6 Å². The Labute approximate surface area is 214 Å². The summed E-state index contributed by atoms with van der Waals surface area (Å²) in [6.07, 6.45) is 10.6. The SMILES string of the molecule is C=C(/N=C(/C)C=C(C)C)N1CCC2(CC1)C(=O)N(Cc1ccccc1-c1ccco1)CCC1=CC=C12. The third kappa shape index (κ3) is 4.50. The molecule has 2 fully saturated rings. The summed E-state index contributed by atoms with van der Waals surface area (Å²) in [4.78, 5) is 23.3. The number of piperidine rings is 1. The minimum Gasteiger partial charge on any atom is -0.464 e. The van der Waals surface area contributed by atoms with Crippen molar-refractivity contribution < 1.29 is 9.21 Å². The Morgan fingerprint density at radius 1 is 1.08 bits per heavy atom. The van der Waals surface area contributed by atoms with Crippen molar-refractivity contribution in [3.8, 4) is 11.3 Å². The van der Waals surface area contributed by atoms with E-state index in [-0.39, 0.29) is 5.91 Å². The number of benzene rings is 1. The summed E-state index contributed by atoms with van der Waals surface area (Å²) >= 11 is 0. The number of rotatable bonds is 6. The summed E-state index contributed by atoms with van der Waals surface area (Å²) in [5.74, 6) is 1.87. The van der Waals surface area contributed by atoms with Gasteiger partial charge in [-0.05, 0) is 75.0 Å². The Kier molecular flexibility index (Phi) is 6.57. The lowest BCUT2D eigenvalue weighted by molar-refractivity contribution is -0.142.